The zero-order valence-electron chi connectivity index (χ0n) is 11.5. The Morgan fingerprint density at radius 2 is 1.76 bits per heavy atom. The van der Waals surface area contributed by atoms with Crippen LogP contribution in [0.5, 0.6) is 11.5 Å². The van der Waals surface area contributed by atoms with Crippen molar-refractivity contribution >= 4 is 22.5 Å². The standard InChI is InChI=1S/C16H13ClFNO2/c1-20-14-4-3-9(7-15(14)21-2)13-6-10-5-11(17)8-12(18)16(10)19-13/h3-8,19H,1-2H3. The smallest absolute Gasteiger partial charge is 0.161 e. The second kappa shape index (κ2) is 5.30. The second-order valence-electron chi connectivity index (χ2n) is 4.60. The van der Waals surface area contributed by atoms with E-state index in [0.29, 0.717) is 22.0 Å². The summed E-state index contributed by atoms with van der Waals surface area (Å²) in [4.78, 5) is 3.07. The molecule has 3 aromatic rings. The summed E-state index contributed by atoms with van der Waals surface area (Å²) in [6.45, 7) is 0. The molecule has 0 spiro atoms. The quantitative estimate of drug-likeness (QED) is 0.764. The number of benzene rings is 2. The maximum atomic E-state index is 13.9. The van der Waals surface area contributed by atoms with Crippen LogP contribution in [-0.2, 0) is 0 Å². The van der Waals surface area contributed by atoms with E-state index >= 15 is 0 Å². The summed E-state index contributed by atoms with van der Waals surface area (Å²) in [5.74, 6) is 0.892. The van der Waals surface area contributed by atoms with E-state index in [1.807, 2.05) is 24.3 Å². The van der Waals surface area contributed by atoms with E-state index < -0.39 is 0 Å². The van der Waals surface area contributed by atoms with Crippen LogP contribution < -0.4 is 9.47 Å². The van der Waals surface area contributed by atoms with Crippen molar-refractivity contribution in [1.82, 2.24) is 4.98 Å². The van der Waals surface area contributed by atoms with Gasteiger partial charge in [-0.25, -0.2) is 4.39 Å². The monoisotopic (exact) mass is 305 g/mol. The Bertz CT molecular complexity index is 813. The van der Waals surface area contributed by atoms with E-state index in [9.17, 15) is 4.39 Å². The van der Waals surface area contributed by atoms with Crippen molar-refractivity contribution in [2.45, 2.75) is 0 Å². The van der Waals surface area contributed by atoms with Gasteiger partial charge in [-0.1, -0.05) is 11.6 Å². The van der Waals surface area contributed by atoms with Crippen molar-refractivity contribution in [3.8, 4) is 22.8 Å². The van der Waals surface area contributed by atoms with Crippen molar-refractivity contribution in [1.29, 1.82) is 0 Å². The number of hydrogen-bond donors (Lipinski definition) is 1. The first-order valence-corrected chi connectivity index (χ1v) is 6.70. The van der Waals surface area contributed by atoms with E-state index in [-0.39, 0.29) is 5.82 Å². The summed E-state index contributed by atoms with van der Waals surface area (Å²) in [6, 6.07) is 10.4. The molecule has 0 unspecified atom stereocenters. The molecule has 0 aliphatic carbocycles. The van der Waals surface area contributed by atoms with E-state index in [2.05, 4.69) is 4.98 Å². The van der Waals surface area contributed by atoms with Crippen LogP contribution in [-0.4, -0.2) is 19.2 Å². The van der Waals surface area contributed by atoms with Crippen molar-refractivity contribution in [2.75, 3.05) is 14.2 Å². The fraction of sp³-hybridized carbons (Fsp3) is 0.125. The Labute approximate surface area is 126 Å². The molecule has 0 saturated carbocycles. The maximum Gasteiger partial charge on any atom is 0.161 e. The van der Waals surface area contributed by atoms with Crippen molar-refractivity contribution < 1.29 is 13.9 Å². The number of nitrogens with one attached hydrogen (secondary N) is 1. The molecule has 21 heavy (non-hydrogen) atoms. The number of fused-ring (bicyclic) bond motifs is 1. The molecule has 3 nitrogen and oxygen atoms in total. The maximum absolute atomic E-state index is 13.9. The first-order chi connectivity index (χ1) is 10.1. The van der Waals surface area contributed by atoms with Crippen LogP contribution >= 0.6 is 11.6 Å². The molecule has 5 heteroatoms. The Balaban J connectivity index is 2.14. The summed E-state index contributed by atoms with van der Waals surface area (Å²) < 4.78 is 24.4. The van der Waals surface area contributed by atoms with Crippen LogP contribution in [0.25, 0.3) is 22.2 Å². The minimum atomic E-state index is -0.371. The lowest BCUT2D eigenvalue weighted by atomic mass is 10.1. The normalized spacial score (nSPS) is 10.9. The van der Waals surface area contributed by atoms with Gasteiger partial charge in [0.25, 0.3) is 0 Å². The Morgan fingerprint density at radius 1 is 1.00 bits per heavy atom. The molecule has 1 heterocycles. The number of methoxy groups -OCH3 is 2. The lowest BCUT2D eigenvalue weighted by Crippen LogP contribution is -1.90. The number of rotatable bonds is 3. The summed E-state index contributed by atoms with van der Waals surface area (Å²) in [6.07, 6.45) is 0. The fourth-order valence-electron chi connectivity index (χ4n) is 2.32. The van der Waals surface area contributed by atoms with Crippen LogP contribution in [0.4, 0.5) is 4.39 Å². The molecular formula is C16H13ClFNO2. The van der Waals surface area contributed by atoms with Gasteiger partial charge in [-0.2, -0.15) is 0 Å². The summed E-state index contributed by atoms with van der Waals surface area (Å²) in [5, 5.41) is 1.10. The molecule has 0 atom stereocenters. The number of aromatic amines is 1. The molecule has 0 fully saturated rings. The van der Waals surface area contributed by atoms with Crippen molar-refractivity contribution in [2.24, 2.45) is 0 Å². The first kappa shape index (κ1) is 13.8. The Hall–Kier alpha value is -2.20. The van der Waals surface area contributed by atoms with Crippen LogP contribution in [0.1, 0.15) is 0 Å². The number of aromatic nitrogens is 1. The lowest BCUT2D eigenvalue weighted by Gasteiger charge is -2.08. The number of H-pyrrole nitrogens is 1. The minimum absolute atomic E-state index is 0.371. The largest absolute Gasteiger partial charge is 0.493 e. The van der Waals surface area contributed by atoms with Gasteiger partial charge in [0.2, 0.25) is 0 Å². The van der Waals surface area contributed by atoms with Crippen molar-refractivity contribution in [3.63, 3.8) is 0 Å². The van der Waals surface area contributed by atoms with Crippen LogP contribution in [0, 0.1) is 5.82 Å². The summed E-state index contributed by atoms with van der Waals surface area (Å²) in [5.41, 5.74) is 2.09. The zero-order chi connectivity index (χ0) is 15.0. The second-order valence-corrected chi connectivity index (χ2v) is 5.04. The number of ether oxygens (including phenoxy) is 2. The molecular weight excluding hydrogens is 293 g/mol. The molecule has 0 aliphatic heterocycles. The number of halogens is 2. The average molecular weight is 306 g/mol. The highest BCUT2D eigenvalue weighted by molar-refractivity contribution is 6.31. The molecule has 1 aromatic heterocycles. The predicted molar refractivity (Wildman–Crippen MR) is 81.8 cm³/mol. The van der Waals surface area contributed by atoms with E-state index in [0.717, 1.165) is 16.6 Å². The molecule has 0 radical (unpaired) electrons. The molecule has 1 N–H and O–H groups in total. The van der Waals surface area contributed by atoms with Crippen LogP contribution in [0.15, 0.2) is 36.4 Å². The summed E-state index contributed by atoms with van der Waals surface area (Å²) >= 11 is 5.88. The number of hydrogen-bond acceptors (Lipinski definition) is 2. The molecule has 0 aliphatic rings. The molecule has 0 saturated heterocycles. The van der Waals surface area contributed by atoms with E-state index in [4.69, 9.17) is 21.1 Å². The fourth-order valence-corrected chi connectivity index (χ4v) is 2.54. The van der Waals surface area contributed by atoms with Gasteiger partial charge in [0, 0.05) is 21.7 Å². The van der Waals surface area contributed by atoms with Gasteiger partial charge in [-0.3, -0.25) is 0 Å². The third-order valence-electron chi connectivity index (χ3n) is 3.34. The van der Waals surface area contributed by atoms with Crippen molar-refractivity contribution in [3.05, 3.63) is 47.2 Å². The van der Waals surface area contributed by atoms with Gasteiger partial charge in [0.05, 0.1) is 19.7 Å². The SMILES string of the molecule is COc1ccc(-c2cc3cc(Cl)cc(F)c3[nH]2)cc1OC. The molecule has 108 valence electrons. The highest BCUT2D eigenvalue weighted by Crippen LogP contribution is 2.34. The third kappa shape index (κ3) is 2.43. The van der Waals surface area contributed by atoms with Gasteiger partial charge in [-0.05, 0) is 36.4 Å². The van der Waals surface area contributed by atoms with Crippen LogP contribution in [0.3, 0.4) is 0 Å². The Morgan fingerprint density at radius 3 is 2.48 bits per heavy atom. The third-order valence-corrected chi connectivity index (χ3v) is 3.56. The van der Waals surface area contributed by atoms with Gasteiger partial charge in [-0.15, -0.1) is 0 Å². The predicted octanol–water partition coefficient (Wildman–Crippen LogP) is 4.64. The van der Waals surface area contributed by atoms with Gasteiger partial charge in [0.1, 0.15) is 5.82 Å². The van der Waals surface area contributed by atoms with Gasteiger partial charge in [0.15, 0.2) is 11.5 Å². The molecule has 3 rings (SSSR count). The summed E-state index contributed by atoms with van der Waals surface area (Å²) in [7, 11) is 3.16. The highest BCUT2D eigenvalue weighted by Gasteiger charge is 2.11. The zero-order valence-corrected chi connectivity index (χ0v) is 12.3. The van der Waals surface area contributed by atoms with Gasteiger partial charge < -0.3 is 14.5 Å². The average Bonchev–Trinajstić information content (AvgIpc) is 2.90. The topological polar surface area (TPSA) is 34.2 Å². The molecule has 0 bridgehead atoms. The Kier molecular flexibility index (Phi) is 3.47. The first-order valence-electron chi connectivity index (χ1n) is 6.32. The molecule has 2 aromatic carbocycles. The van der Waals surface area contributed by atoms with E-state index in [1.165, 1.54) is 6.07 Å². The van der Waals surface area contributed by atoms with E-state index in [1.54, 1.807) is 20.3 Å². The molecule has 0 amide bonds. The lowest BCUT2D eigenvalue weighted by molar-refractivity contribution is 0.355. The van der Waals surface area contributed by atoms with Gasteiger partial charge >= 0.3 is 0 Å². The minimum Gasteiger partial charge on any atom is -0.493 e. The highest BCUT2D eigenvalue weighted by atomic mass is 35.5. The van der Waals surface area contributed by atoms with Crippen LogP contribution in [0.2, 0.25) is 5.02 Å².